The topological polar surface area (TPSA) is 13.1 Å². The molecule has 1 heterocycles. The zero-order valence-corrected chi connectivity index (χ0v) is 22.3. The molecule has 1 aromatic heterocycles. The van der Waals surface area contributed by atoms with Gasteiger partial charge in [0.1, 0.15) is 11.2 Å². The van der Waals surface area contributed by atoms with Gasteiger partial charge in [-0.05, 0) is 89.6 Å². The van der Waals surface area contributed by atoms with Crippen LogP contribution < -0.4 is 0 Å². The lowest BCUT2D eigenvalue weighted by atomic mass is 9.89. The smallest absolute Gasteiger partial charge is 0.136 e. The van der Waals surface area contributed by atoms with Gasteiger partial charge in [0.25, 0.3) is 0 Å². The van der Waals surface area contributed by atoms with Gasteiger partial charge < -0.3 is 4.42 Å². The van der Waals surface area contributed by atoms with E-state index in [0.717, 1.165) is 27.5 Å². The average Bonchev–Trinajstić information content (AvgIpc) is 3.42. The number of para-hydroxylation sites is 1. The van der Waals surface area contributed by atoms with E-state index in [2.05, 4.69) is 133 Å². The van der Waals surface area contributed by atoms with Crippen molar-refractivity contribution in [1.82, 2.24) is 0 Å². The first-order chi connectivity index (χ1) is 20.3. The van der Waals surface area contributed by atoms with Crippen molar-refractivity contribution in [1.29, 1.82) is 0 Å². The molecule has 0 saturated carbocycles. The van der Waals surface area contributed by atoms with Crippen molar-refractivity contribution in [2.75, 3.05) is 0 Å². The first-order valence-electron chi connectivity index (χ1n) is 14.1. The minimum Gasteiger partial charge on any atom is -0.456 e. The summed E-state index contributed by atoms with van der Waals surface area (Å²) in [6.45, 7) is 0. The highest BCUT2D eigenvalue weighted by Crippen LogP contribution is 2.40. The number of hydrogen-bond donors (Lipinski definition) is 0. The zero-order valence-electron chi connectivity index (χ0n) is 22.3. The average molecular weight is 521 g/mol. The fourth-order valence-corrected chi connectivity index (χ4v) is 6.68. The fraction of sp³-hybridized carbons (Fsp3) is 0. The van der Waals surface area contributed by atoms with Crippen molar-refractivity contribution >= 4 is 65.0 Å². The minimum atomic E-state index is 0.924. The third-order valence-electron chi connectivity index (χ3n) is 8.65. The van der Waals surface area contributed by atoms with Crippen molar-refractivity contribution in [2.45, 2.75) is 0 Å². The van der Waals surface area contributed by atoms with Gasteiger partial charge in [-0.3, -0.25) is 0 Å². The molecule has 0 saturated heterocycles. The van der Waals surface area contributed by atoms with Gasteiger partial charge in [0.05, 0.1) is 0 Å². The highest BCUT2D eigenvalue weighted by Gasteiger charge is 2.13. The maximum absolute atomic E-state index is 6.15. The van der Waals surface area contributed by atoms with E-state index in [0.29, 0.717) is 0 Å². The Kier molecular flexibility index (Phi) is 4.67. The lowest BCUT2D eigenvalue weighted by Crippen LogP contribution is -1.87. The summed E-state index contributed by atoms with van der Waals surface area (Å²) in [5, 5.41) is 12.7. The summed E-state index contributed by atoms with van der Waals surface area (Å²) in [6, 6.07) is 52.7. The molecular weight excluding hydrogens is 496 g/mol. The van der Waals surface area contributed by atoms with Crippen LogP contribution in [0.1, 0.15) is 0 Å². The number of fused-ring (bicyclic) bond motifs is 10. The maximum atomic E-state index is 6.15. The fourth-order valence-electron chi connectivity index (χ4n) is 6.68. The van der Waals surface area contributed by atoms with Crippen molar-refractivity contribution in [2.24, 2.45) is 0 Å². The molecule has 0 atom stereocenters. The Bertz CT molecular complexity index is 2460. The summed E-state index contributed by atoms with van der Waals surface area (Å²) in [7, 11) is 0. The molecule has 0 unspecified atom stereocenters. The van der Waals surface area contributed by atoms with Crippen LogP contribution in [0.5, 0.6) is 0 Å². The Morgan fingerprint density at radius 3 is 1.78 bits per heavy atom. The molecule has 1 nitrogen and oxygen atoms in total. The number of rotatable bonds is 2. The van der Waals surface area contributed by atoms with Crippen LogP contribution in [0, 0.1) is 0 Å². The van der Waals surface area contributed by atoms with Crippen molar-refractivity contribution < 1.29 is 4.42 Å². The Morgan fingerprint density at radius 2 is 0.902 bits per heavy atom. The largest absolute Gasteiger partial charge is 0.456 e. The van der Waals surface area contributed by atoms with Crippen LogP contribution in [0.4, 0.5) is 0 Å². The Hall–Kier alpha value is -5.40. The molecule has 1 heteroatoms. The Labute approximate surface area is 236 Å². The van der Waals surface area contributed by atoms with Crippen LogP contribution in [0.2, 0.25) is 0 Å². The van der Waals surface area contributed by atoms with Crippen LogP contribution in [0.15, 0.2) is 150 Å². The van der Waals surface area contributed by atoms with Gasteiger partial charge in [-0.25, -0.2) is 0 Å². The second kappa shape index (κ2) is 8.55. The third kappa shape index (κ3) is 3.36. The van der Waals surface area contributed by atoms with Crippen LogP contribution in [-0.2, 0) is 0 Å². The van der Waals surface area contributed by atoms with E-state index < -0.39 is 0 Å². The highest BCUT2D eigenvalue weighted by atomic mass is 16.3. The van der Waals surface area contributed by atoms with Crippen LogP contribution in [0.3, 0.4) is 0 Å². The summed E-state index contributed by atoms with van der Waals surface area (Å²) in [6.07, 6.45) is 0. The van der Waals surface area contributed by atoms with E-state index in [1.165, 1.54) is 59.8 Å². The van der Waals surface area contributed by atoms with Gasteiger partial charge in [0.2, 0.25) is 0 Å². The molecule has 0 fully saturated rings. The second-order valence-electron chi connectivity index (χ2n) is 10.9. The monoisotopic (exact) mass is 520 g/mol. The predicted molar refractivity (Wildman–Crippen MR) is 175 cm³/mol. The molecule has 9 aromatic rings. The van der Waals surface area contributed by atoms with Crippen LogP contribution >= 0.6 is 0 Å². The zero-order chi connectivity index (χ0) is 26.9. The van der Waals surface area contributed by atoms with E-state index in [1.54, 1.807) is 0 Å². The number of hydrogen-bond acceptors (Lipinski definition) is 1. The third-order valence-corrected chi connectivity index (χ3v) is 8.65. The molecule has 0 radical (unpaired) electrons. The molecule has 0 N–H and O–H groups in total. The predicted octanol–water partition coefficient (Wildman–Crippen LogP) is 11.5. The van der Waals surface area contributed by atoms with Crippen molar-refractivity contribution in [3.8, 4) is 22.3 Å². The standard InChI is InChI=1S/C40H24O/c1-2-8-30-26(7-1)17-22-36-32(30)20-19-29-23-37(31-9-3-4-11-35(31)40(29)36)27-15-13-25(14-16-27)28-18-21-34-33-10-5-6-12-38(33)41-39(34)24-28/h1-24H. The van der Waals surface area contributed by atoms with Gasteiger partial charge in [0, 0.05) is 10.8 Å². The lowest BCUT2D eigenvalue weighted by molar-refractivity contribution is 0.669. The molecule has 0 aliphatic heterocycles. The van der Waals surface area contributed by atoms with E-state index in [9.17, 15) is 0 Å². The molecule has 9 rings (SSSR count). The molecular formula is C40H24O. The van der Waals surface area contributed by atoms with Gasteiger partial charge in [-0.2, -0.15) is 0 Å². The first kappa shape index (κ1) is 22.4. The van der Waals surface area contributed by atoms with Crippen molar-refractivity contribution in [3.63, 3.8) is 0 Å². The highest BCUT2D eigenvalue weighted by molar-refractivity contribution is 6.26. The summed E-state index contributed by atoms with van der Waals surface area (Å²) >= 11 is 0. The van der Waals surface area contributed by atoms with Crippen LogP contribution in [-0.4, -0.2) is 0 Å². The molecule has 0 aliphatic rings. The Morgan fingerprint density at radius 1 is 0.317 bits per heavy atom. The molecule has 41 heavy (non-hydrogen) atoms. The van der Waals surface area contributed by atoms with Gasteiger partial charge in [0.15, 0.2) is 0 Å². The SMILES string of the molecule is c1ccc2c(c1)ccc1c2ccc2cc(-c3ccc(-c4ccc5c(c4)oc4ccccc45)cc3)c3ccccc3c21. The lowest BCUT2D eigenvalue weighted by Gasteiger charge is -2.14. The normalized spacial score (nSPS) is 11.9. The van der Waals surface area contributed by atoms with Gasteiger partial charge in [-0.15, -0.1) is 0 Å². The molecule has 0 spiro atoms. The summed E-state index contributed by atoms with van der Waals surface area (Å²) in [5.74, 6) is 0. The van der Waals surface area contributed by atoms with E-state index in [-0.39, 0.29) is 0 Å². The molecule has 8 aromatic carbocycles. The molecule has 0 amide bonds. The number of benzene rings is 8. The van der Waals surface area contributed by atoms with E-state index in [1.807, 2.05) is 12.1 Å². The van der Waals surface area contributed by atoms with Crippen molar-refractivity contribution in [3.05, 3.63) is 146 Å². The number of furan rings is 1. The summed E-state index contributed by atoms with van der Waals surface area (Å²) < 4.78 is 6.15. The minimum absolute atomic E-state index is 0.924. The second-order valence-corrected chi connectivity index (χ2v) is 10.9. The van der Waals surface area contributed by atoms with Gasteiger partial charge >= 0.3 is 0 Å². The summed E-state index contributed by atoms with van der Waals surface area (Å²) in [5.41, 5.74) is 6.67. The Balaban J connectivity index is 1.20. The molecule has 0 aliphatic carbocycles. The van der Waals surface area contributed by atoms with Gasteiger partial charge in [-0.1, -0.05) is 121 Å². The first-order valence-corrected chi connectivity index (χ1v) is 14.1. The maximum Gasteiger partial charge on any atom is 0.136 e. The summed E-state index contributed by atoms with van der Waals surface area (Å²) in [4.78, 5) is 0. The van der Waals surface area contributed by atoms with E-state index in [4.69, 9.17) is 4.42 Å². The quantitative estimate of drug-likeness (QED) is 0.207. The van der Waals surface area contributed by atoms with E-state index >= 15 is 0 Å². The molecule has 0 bridgehead atoms. The van der Waals surface area contributed by atoms with Crippen LogP contribution in [0.25, 0.3) is 87.3 Å². The molecule has 190 valence electrons.